The Morgan fingerprint density at radius 2 is 1.72 bits per heavy atom. The Kier molecular flexibility index (Phi) is 7.68. The largest absolute Gasteiger partial charge is 0.481 e. The van der Waals surface area contributed by atoms with Gasteiger partial charge in [-0.05, 0) is 50.6 Å². The predicted molar refractivity (Wildman–Crippen MR) is 124 cm³/mol. The Morgan fingerprint density at radius 3 is 2.25 bits per heavy atom. The van der Waals surface area contributed by atoms with Crippen LogP contribution in [-0.2, 0) is 27.4 Å². The molecule has 2 aromatic rings. The maximum atomic E-state index is 12.5. The molecule has 0 bridgehead atoms. The molecule has 0 saturated carbocycles. The van der Waals surface area contributed by atoms with Crippen LogP contribution >= 0.6 is 0 Å². The van der Waals surface area contributed by atoms with Crippen LogP contribution in [0.5, 0.6) is 0 Å². The van der Waals surface area contributed by atoms with Crippen LogP contribution < -0.4 is 5.32 Å². The molecule has 12 heteroatoms. The van der Waals surface area contributed by atoms with Gasteiger partial charge in [-0.25, -0.2) is 4.79 Å². The molecule has 3 amide bonds. The summed E-state index contributed by atoms with van der Waals surface area (Å²) in [5.41, 5.74) is -0.191. The zero-order chi connectivity index (χ0) is 26.6. The lowest BCUT2D eigenvalue weighted by molar-refractivity contribution is -0.385. The number of carboxylic acid groups (broad SMARTS) is 1. The number of nitro groups is 1. The Bertz CT molecular complexity index is 1180. The minimum absolute atomic E-state index is 0.130. The third kappa shape index (κ3) is 6.42. The van der Waals surface area contributed by atoms with E-state index in [4.69, 9.17) is 9.57 Å². The van der Waals surface area contributed by atoms with E-state index in [1.54, 1.807) is 32.9 Å². The highest BCUT2D eigenvalue weighted by Crippen LogP contribution is 2.26. The van der Waals surface area contributed by atoms with Crippen LogP contribution in [-0.4, -0.2) is 50.6 Å². The molecule has 1 heterocycles. The number of amides is 3. The number of hydrogen-bond donors (Lipinski definition) is 2. The van der Waals surface area contributed by atoms with Crippen LogP contribution in [0.15, 0.2) is 42.5 Å². The van der Waals surface area contributed by atoms with Crippen molar-refractivity contribution in [3.63, 3.8) is 0 Å². The molecule has 12 nitrogen and oxygen atoms in total. The lowest BCUT2D eigenvalue weighted by Crippen LogP contribution is -2.41. The maximum absolute atomic E-state index is 12.5. The monoisotopic (exact) mass is 499 g/mol. The molecule has 0 aromatic heterocycles. The number of aliphatic carboxylic acids is 1. The average Bonchev–Trinajstić information content (AvgIpc) is 3.00. The van der Waals surface area contributed by atoms with E-state index in [9.17, 15) is 34.4 Å². The quantitative estimate of drug-likeness (QED) is 0.299. The molecule has 0 saturated heterocycles. The van der Waals surface area contributed by atoms with E-state index in [-0.39, 0.29) is 35.4 Å². The zero-order valence-corrected chi connectivity index (χ0v) is 19.8. The highest BCUT2D eigenvalue weighted by Gasteiger charge is 2.36. The van der Waals surface area contributed by atoms with Gasteiger partial charge in [0.15, 0.2) is 0 Å². The third-order valence-electron chi connectivity index (χ3n) is 5.07. The second kappa shape index (κ2) is 10.5. The molecule has 2 N–H and O–H groups in total. The summed E-state index contributed by atoms with van der Waals surface area (Å²) in [4.78, 5) is 64.8. The maximum Gasteiger partial charge on any atom is 0.407 e. The van der Waals surface area contributed by atoms with Crippen molar-refractivity contribution in [3.05, 3.63) is 74.8 Å². The number of fused-ring (bicyclic) bond motifs is 1. The number of nitro benzene ring substituents is 1. The van der Waals surface area contributed by atoms with Crippen molar-refractivity contribution in [2.45, 2.75) is 51.9 Å². The Morgan fingerprint density at radius 1 is 1.11 bits per heavy atom. The van der Waals surface area contributed by atoms with Crippen molar-refractivity contribution in [1.82, 2.24) is 10.4 Å². The van der Waals surface area contributed by atoms with E-state index >= 15 is 0 Å². The van der Waals surface area contributed by atoms with Gasteiger partial charge in [-0.1, -0.05) is 12.1 Å². The summed E-state index contributed by atoms with van der Waals surface area (Å²) in [7, 11) is 0. The van der Waals surface area contributed by atoms with Crippen LogP contribution in [0, 0.1) is 10.1 Å². The average molecular weight is 499 g/mol. The number of hydroxylamine groups is 2. The van der Waals surface area contributed by atoms with Gasteiger partial charge >= 0.3 is 12.1 Å². The van der Waals surface area contributed by atoms with E-state index < -0.39 is 46.9 Å². The van der Waals surface area contributed by atoms with Crippen LogP contribution in [0.3, 0.4) is 0 Å². The van der Waals surface area contributed by atoms with E-state index in [1.165, 1.54) is 30.3 Å². The van der Waals surface area contributed by atoms with Gasteiger partial charge in [-0.15, -0.1) is 5.06 Å². The minimum atomic E-state index is -1.22. The van der Waals surface area contributed by atoms with Gasteiger partial charge in [0.2, 0.25) is 0 Å². The van der Waals surface area contributed by atoms with E-state index in [1.807, 2.05) is 0 Å². The second-order valence-electron chi connectivity index (χ2n) is 9.09. The van der Waals surface area contributed by atoms with Gasteiger partial charge in [0.1, 0.15) is 12.2 Å². The lowest BCUT2D eigenvalue weighted by Gasteiger charge is -2.23. The molecular weight excluding hydrogens is 474 g/mol. The first-order valence-electron chi connectivity index (χ1n) is 10.9. The van der Waals surface area contributed by atoms with Crippen molar-refractivity contribution in [3.8, 4) is 0 Å². The van der Waals surface area contributed by atoms with E-state index in [0.29, 0.717) is 10.6 Å². The van der Waals surface area contributed by atoms with Gasteiger partial charge in [-0.2, -0.15) is 0 Å². The number of nitrogens with zero attached hydrogens (tertiary/aromatic N) is 2. The van der Waals surface area contributed by atoms with Crippen LogP contribution in [0.25, 0.3) is 0 Å². The molecular formula is C24H25N3O9. The summed E-state index contributed by atoms with van der Waals surface area (Å²) in [6.07, 6.45) is -1.56. The first-order chi connectivity index (χ1) is 16.9. The predicted octanol–water partition coefficient (Wildman–Crippen LogP) is 3.23. The van der Waals surface area contributed by atoms with Gasteiger partial charge in [0.05, 0.1) is 22.5 Å². The van der Waals surface area contributed by atoms with E-state index in [0.717, 1.165) is 0 Å². The first-order valence-corrected chi connectivity index (χ1v) is 10.9. The number of imide groups is 1. The molecule has 1 atom stereocenters. The van der Waals surface area contributed by atoms with Crippen LogP contribution in [0.2, 0.25) is 0 Å². The Hall–Kier alpha value is -4.32. The van der Waals surface area contributed by atoms with Crippen molar-refractivity contribution in [2.24, 2.45) is 0 Å². The van der Waals surface area contributed by atoms with Gasteiger partial charge in [-0.3, -0.25) is 29.3 Å². The summed E-state index contributed by atoms with van der Waals surface area (Å²) in [5.74, 6) is -2.47. The molecule has 3 rings (SSSR count). The molecule has 0 spiro atoms. The van der Waals surface area contributed by atoms with Gasteiger partial charge in [0.25, 0.3) is 17.5 Å². The number of hydrogen-bond acceptors (Lipinski definition) is 8. The number of carboxylic acids is 1. The molecule has 1 unspecified atom stereocenters. The van der Waals surface area contributed by atoms with Crippen molar-refractivity contribution < 1.29 is 38.8 Å². The number of nitrogens with one attached hydrogen (secondary N) is 1. The van der Waals surface area contributed by atoms with Crippen molar-refractivity contribution in [1.29, 1.82) is 0 Å². The number of rotatable bonds is 9. The minimum Gasteiger partial charge on any atom is -0.481 e. The summed E-state index contributed by atoms with van der Waals surface area (Å²) in [5, 5.41) is 23.9. The summed E-state index contributed by atoms with van der Waals surface area (Å²) in [6, 6.07) is 9.25. The number of carbonyl (C=O) groups excluding carboxylic acids is 3. The lowest BCUT2D eigenvalue weighted by atomic mass is 9.99. The normalized spacial score (nSPS) is 13.8. The molecule has 0 fully saturated rings. The molecule has 0 aliphatic carbocycles. The van der Waals surface area contributed by atoms with Gasteiger partial charge < -0.3 is 15.2 Å². The Labute approximate surface area is 205 Å². The van der Waals surface area contributed by atoms with Crippen molar-refractivity contribution in [2.75, 3.05) is 0 Å². The van der Waals surface area contributed by atoms with E-state index in [2.05, 4.69) is 5.32 Å². The second-order valence-corrected chi connectivity index (χ2v) is 9.09. The summed E-state index contributed by atoms with van der Waals surface area (Å²) >= 11 is 0. The smallest absolute Gasteiger partial charge is 0.407 e. The Balaban J connectivity index is 1.78. The topological polar surface area (TPSA) is 165 Å². The molecule has 1 aliphatic rings. The van der Waals surface area contributed by atoms with Crippen molar-refractivity contribution >= 4 is 29.6 Å². The molecule has 1 aliphatic heterocycles. The van der Waals surface area contributed by atoms with Gasteiger partial charge in [0, 0.05) is 24.1 Å². The summed E-state index contributed by atoms with van der Waals surface area (Å²) in [6.45, 7) is 4.66. The van der Waals surface area contributed by atoms with Crippen LogP contribution in [0.1, 0.15) is 59.0 Å². The highest BCUT2D eigenvalue weighted by atomic mass is 16.7. The first kappa shape index (κ1) is 26.3. The number of ether oxygens (including phenoxy) is 1. The number of alkyl carbamates (subject to hydrolysis) is 1. The third-order valence-corrected chi connectivity index (χ3v) is 5.07. The number of carbonyl (C=O) groups is 4. The fraction of sp³-hybridized carbons (Fsp3) is 0.333. The number of benzene rings is 2. The molecule has 2 aromatic carbocycles. The SMILES string of the molecule is CC(C)(C)OC(=O)NC(CC(=O)O)Cc1cc(CON2C(=O)c3ccccc3C2=O)ccc1[N+](=O)[O-]. The fourth-order valence-corrected chi connectivity index (χ4v) is 3.62. The molecule has 190 valence electrons. The highest BCUT2D eigenvalue weighted by molar-refractivity contribution is 6.20. The standard InChI is InChI=1S/C24H25N3O9/c1-24(2,3)36-23(32)25-16(12-20(28)29)11-15-10-14(8-9-19(15)27(33)34)13-35-26-21(30)17-6-4-5-7-18(17)22(26)31/h4-10,16H,11-13H2,1-3H3,(H,25,32)(H,28,29). The fourth-order valence-electron chi connectivity index (χ4n) is 3.62. The molecule has 36 heavy (non-hydrogen) atoms. The zero-order valence-electron chi connectivity index (χ0n) is 19.8. The molecule has 0 radical (unpaired) electrons. The summed E-state index contributed by atoms with van der Waals surface area (Å²) < 4.78 is 5.16. The van der Waals surface area contributed by atoms with Crippen LogP contribution in [0.4, 0.5) is 10.5 Å².